The number of nitrogens with zero attached hydrogens (tertiary/aromatic N) is 1. The van der Waals surface area contributed by atoms with Crippen molar-refractivity contribution in [3.8, 4) is 11.1 Å². The van der Waals surface area contributed by atoms with Crippen LogP contribution in [0.3, 0.4) is 0 Å². The van der Waals surface area contributed by atoms with E-state index in [9.17, 15) is 4.79 Å². The Labute approximate surface area is 172 Å². The number of aromatic nitrogens is 1. The monoisotopic (exact) mass is 411 g/mol. The number of amides is 1. The van der Waals surface area contributed by atoms with E-state index in [4.69, 9.17) is 10.5 Å². The lowest BCUT2D eigenvalue weighted by Crippen LogP contribution is -2.49. The lowest BCUT2D eigenvalue weighted by atomic mass is 9.79. The van der Waals surface area contributed by atoms with Crippen molar-refractivity contribution in [3.63, 3.8) is 0 Å². The fourth-order valence-corrected chi connectivity index (χ4v) is 3.22. The first kappa shape index (κ1) is 23.4. The summed E-state index contributed by atoms with van der Waals surface area (Å²) in [6.45, 7) is 3.55. The molecule has 27 heavy (non-hydrogen) atoms. The molecule has 3 rings (SSSR count). The van der Waals surface area contributed by atoms with E-state index < -0.39 is 5.41 Å². The van der Waals surface area contributed by atoms with Gasteiger partial charge in [-0.1, -0.05) is 30.3 Å². The van der Waals surface area contributed by atoms with Crippen molar-refractivity contribution in [1.29, 1.82) is 0 Å². The third-order valence-electron chi connectivity index (χ3n) is 5.08. The Kier molecular flexibility index (Phi) is 9.19. The molecular formula is C20H27Cl2N3O2. The van der Waals surface area contributed by atoms with Crippen molar-refractivity contribution >= 4 is 30.7 Å². The van der Waals surface area contributed by atoms with Crippen molar-refractivity contribution in [2.45, 2.75) is 25.8 Å². The molecular weight excluding hydrogens is 385 g/mol. The minimum absolute atomic E-state index is 0. The molecule has 0 aliphatic carbocycles. The highest BCUT2D eigenvalue weighted by atomic mass is 35.5. The van der Waals surface area contributed by atoms with Crippen LogP contribution in [0.25, 0.3) is 11.1 Å². The van der Waals surface area contributed by atoms with E-state index in [0.29, 0.717) is 32.6 Å². The molecule has 1 unspecified atom stereocenters. The van der Waals surface area contributed by atoms with Gasteiger partial charge in [-0.2, -0.15) is 0 Å². The van der Waals surface area contributed by atoms with Crippen LogP contribution >= 0.6 is 24.8 Å². The van der Waals surface area contributed by atoms with Crippen LogP contribution in [-0.4, -0.2) is 30.6 Å². The second-order valence-electron chi connectivity index (χ2n) is 6.66. The van der Waals surface area contributed by atoms with Crippen LogP contribution in [0.1, 0.15) is 31.4 Å². The number of carbonyl (C=O) groups is 1. The van der Waals surface area contributed by atoms with Crippen LogP contribution in [-0.2, 0) is 9.53 Å². The third kappa shape index (κ3) is 5.42. The number of pyridine rings is 1. The molecule has 2 aromatic rings. The van der Waals surface area contributed by atoms with E-state index in [2.05, 4.69) is 22.4 Å². The molecule has 1 aromatic carbocycles. The molecule has 0 spiro atoms. The molecule has 1 aliphatic heterocycles. The van der Waals surface area contributed by atoms with Gasteiger partial charge in [0, 0.05) is 32.2 Å². The molecule has 1 atom stereocenters. The van der Waals surface area contributed by atoms with Gasteiger partial charge in [0.25, 0.3) is 0 Å². The zero-order valence-corrected chi connectivity index (χ0v) is 17.0. The van der Waals surface area contributed by atoms with Gasteiger partial charge in [-0.25, -0.2) is 0 Å². The van der Waals surface area contributed by atoms with Crippen LogP contribution in [0.4, 0.5) is 0 Å². The van der Waals surface area contributed by atoms with Crippen LogP contribution in [0.15, 0.2) is 48.8 Å². The maximum absolute atomic E-state index is 12.8. The number of ether oxygens (including phenoxy) is 1. The lowest BCUT2D eigenvalue weighted by molar-refractivity contribution is -0.136. The van der Waals surface area contributed by atoms with Crippen molar-refractivity contribution < 1.29 is 9.53 Å². The average molecular weight is 412 g/mol. The van der Waals surface area contributed by atoms with Crippen molar-refractivity contribution in [2.24, 2.45) is 11.1 Å². The summed E-state index contributed by atoms with van der Waals surface area (Å²) >= 11 is 0. The number of hydrogen-bond donors (Lipinski definition) is 2. The molecule has 1 aromatic heterocycles. The third-order valence-corrected chi connectivity index (χ3v) is 5.08. The Morgan fingerprint density at radius 3 is 2.41 bits per heavy atom. The Bertz CT molecular complexity index is 705. The van der Waals surface area contributed by atoms with E-state index in [1.165, 1.54) is 0 Å². The SMILES string of the molecule is CC(NC(=O)C1(CN)CCOCC1)c1ccc(-c2cccnc2)cc1.Cl.Cl. The van der Waals surface area contributed by atoms with Gasteiger partial charge in [-0.15, -0.1) is 24.8 Å². The van der Waals surface area contributed by atoms with Gasteiger partial charge in [0.2, 0.25) is 5.91 Å². The molecule has 2 heterocycles. The maximum Gasteiger partial charge on any atom is 0.228 e. The predicted molar refractivity (Wildman–Crippen MR) is 112 cm³/mol. The average Bonchev–Trinajstić information content (AvgIpc) is 2.69. The summed E-state index contributed by atoms with van der Waals surface area (Å²) in [7, 11) is 0. The second kappa shape index (κ2) is 10.6. The largest absolute Gasteiger partial charge is 0.381 e. The van der Waals surface area contributed by atoms with E-state index in [0.717, 1.165) is 16.7 Å². The Hall–Kier alpha value is -1.66. The number of hydrogen-bond acceptors (Lipinski definition) is 4. The first-order chi connectivity index (χ1) is 12.1. The maximum atomic E-state index is 12.8. The van der Waals surface area contributed by atoms with E-state index in [1.807, 2.05) is 37.4 Å². The summed E-state index contributed by atoms with van der Waals surface area (Å²) in [5.74, 6) is 0.0298. The quantitative estimate of drug-likeness (QED) is 0.788. The summed E-state index contributed by atoms with van der Waals surface area (Å²) in [4.78, 5) is 16.9. The Balaban J connectivity index is 0.00000182. The number of halogens is 2. The van der Waals surface area contributed by atoms with Gasteiger partial charge in [-0.05, 0) is 42.5 Å². The molecule has 0 bridgehead atoms. The molecule has 0 saturated carbocycles. The number of carbonyl (C=O) groups excluding carboxylic acids is 1. The zero-order valence-electron chi connectivity index (χ0n) is 15.4. The van der Waals surface area contributed by atoms with Gasteiger partial charge >= 0.3 is 0 Å². The molecule has 1 aliphatic rings. The van der Waals surface area contributed by atoms with Gasteiger partial charge in [0.1, 0.15) is 0 Å². The molecule has 3 N–H and O–H groups in total. The summed E-state index contributed by atoms with van der Waals surface area (Å²) in [6.07, 6.45) is 4.97. The van der Waals surface area contributed by atoms with Crippen LogP contribution in [0, 0.1) is 5.41 Å². The fraction of sp³-hybridized carbons (Fsp3) is 0.400. The predicted octanol–water partition coefficient (Wildman–Crippen LogP) is 3.52. The highest BCUT2D eigenvalue weighted by Crippen LogP contribution is 2.30. The van der Waals surface area contributed by atoms with Gasteiger partial charge < -0.3 is 15.8 Å². The number of nitrogens with one attached hydrogen (secondary N) is 1. The summed E-state index contributed by atoms with van der Waals surface area (Å²) in [6, 6.07) is 12.1. The zero-order chi connectivity index (χ0) is 17.7. The Morgan fingerprint density at radius 2 is 1.85 bits per heavy atom. The summed E-state index contributed by atoms with van der Waals surface area (Å²) in [5, 5.41) is 3.13. The van der Waals surface area contributed by atoms with E-state index >= 15 is 0 Å². The van der Waals surface area contributed by atoms with Crippen LogP contribution < -0.4 is 11.1 Å². The number of nitrogens with two attached hydrogens (primary N) is 1. The topological polar surface area (TPSA) is 77.2 Å². The Morgan fingerprint density at radius 1 is 1.19 bits per heavy atom. The normalized spacial score (nSPS) is 16.4. The van der Waals surface area contributed by atoms with Gasteiger partial charge in [0.05, 0.1) is 11.5 Å². The van der Waals surface area contributed by atoms with Crippen LogP contribution in [0.2, 0.25) is 0 Å². The lowest BCUT2D eigenvalue weighted by Gasteiger charge is -2.35. The fourth-order valence-electron chi connectivity index (χ4n) is 3.22. The van der Waals surface area contributed by atoms with E-state index in [1.54, 1.807) is 6.20 Å². The number of rotatable bonds is 5. The standard InChI is InChI=1S/C20H25N3O2.2ClH/c1-15(23-19(24)20(14-21)8-11-25-12-9-20)16-4-6-17(7-5-16)18-3-2-10-22-13-18;;/h2-7,10,13,15H,8-9,11-12,14,21H2,1H3,(H,23,24);2*1H. The second-order valence-corrected chi connectivity index (χ2v) is 6.66. The van der Waals surface area contributed by atoms with Crippen molar-refractivity contribution in [1.82, 2.24) is 10.3 Å². The molecule has 1 amide bonds. The first-order valence-electron chi connectivity index (χ1n) is 8.74. The molecule has 148 valence electrons. The van der Waals surface area contributed by atoms with Crippen molar-refractivity contribution in [2.75, 3.05) is 19.8 Å². The molecule has 0 radical (unpaired) electrons. The summed E-state index contributed by atoms with van der Waals surface area (Å²) in [5.41, 5.74) is 8.68. The molecule has 7 heteroatoms. The molecule has 1 saturated heterocycles. The summed E-state index contributed by atoms with van der Waals surface area (Å²) < 4.78 is 5.38. The molecule has 1 fully saturated rings. The smallest absolute Gasteiger partial charge is 0.228 e. The van der Waals surface area contributed by atoms with Crippen molar-refractivity contribution in [3.05, 3.63) is 54.4 Å². The highest BCUT2D eigenvalue weighted by Gasteiger charge is 2.39. The minimum atomic E-state index is -0.498. The van der Waals surface area contributed by atoms with E-state index in [-0.39, 0.29) is 36.8 Å². The first-order valence-corrected chi connectivity index (χ1v) is 8.74. The highest BCUT2D eigenvalue weighted by molar-refractivity contribution is 5.85. The minimum Gasteiger partial charge on any atom is -0.381 e. The van der Waals surface area contributed by atoms with Crippen LogP contribution in [0.5, 0.6) is 0 Å². The molecule has 5 nitrogen and oxygen atoms in total. The van der Waals surface area contributed by atoms with Gasteiger partial charge in [-0.3, -0.25) is 9.78 Å². The number of benzene rings is 1. The van der Waals surface area contributed by atoms with Gasteiger partial charge in [0.15, 0.2) is 0 Å².